The highest BCUT2D eigenvalue weighted by molar-refractivity contribution is 9.09. The molecule has 0 saturated carbocycles. The van der Waals surface area contributed by atoms with Crippen molar-refractivity contribution in [1.82, 2.24) is 0 Å². The monoisotopic (exact) mass is 223 g/mol. The quantitative estimate of drug-likeness (QED) is 0.267. The number of carbonyl (C=O) groups excluding carboxylic acids is 1. The van der Waals surface area contributed by atoms with Gasteiger partial charge in [0.25, 0.3) is 4.95 Å². The van der Waals surface area contributed by atoms with Crippen LogP contribution in [-0.4, -0.2) is 21.5 Å². The summed E-state index contributed by atoms with van der Waals surface area (Å²) in [6, 6.07) is 0. The summed E-state index contributed by atoms with van der Waals surface area (Å²) in [6.45, 7) is 1.11. The SMILES string of the molecule is CC(=O)[N+]1([O-])ON=C(N)C1Br. The fraction of sp³-hybridized carbons (Fsp3) is 0.500. The van der Waals surface area contributed by atoms with Gasteiger partial charge in [-0.25, -0.2) is 4.79 Å². The average molecular weight is 224 g/mol. The molecular weight excluding hydrogens is 218 g/mol. The lowest BCUT2D eigenvalue weighted by Crippen LogP contribution is -2.50. The van der Waals surface area contributed by atoms with Crippen molar-refractivity contribution in [2.75, 3.05) is 0 Å². The molecule has 2 N–H and O–H groups in total. The summed E-state index contributed by atoms with van der Waals surface area (Å²) >= 11 is 2.88. The molecule has 62 valence electrons. The van der Waals surface area contributed by atoms with Gasteiger partial charge >= 0.3 is 5.91 Å². The van der Waals surface area contributed by atoms with E-state index in [1.165, 1.54) is 0 Å². The fourth-order valence-electron chi connectivity index (χ4n) is 0.584. The minimum Gasteiger partial charge on any atom is -0.579 e. The molecular formula is C4H6BrN3O3. The third-order valence-corrected chi connectivity index (χ3v) is 2.26. The zero-order valence-corrected chi connectivity index (χ0v) is 7.24. The number of hydrogen-bond acceptors (Lipinski definition) is 5. The molecule has 7 heteroatoms. The summed E-state index contributed by atoms with van der Waals surface area (Å²) < 4.78 is 0. The summed E-state index contributed by atoms with van der Waals surface area (Å²) in [5.41, 5.74) is 5.20. The number of amidine groups is 1. The van der Waals surface area contributed by atoms with Crippen LogP contribution in [0.25, 0.3) is 0 Å². The van der Waals surface area contributed by atoms with Crippen molar-refractivity contribution in [1.29, 1.82) is 0 Å². The Bertz CT molecular complexity index is 231. The highest BCUT2D eigenvalue weighted by Crippen LogP contribution is 2.24. The van der Waals surface area contributed by atoms with Gasteiger partial charge in [0, 0.05) is 0 Å². The zero-order valence-electron chi connectivity index (χ0n) is 5.65. The number of amides is 1. The van der Waals surface area contributed by atoms with Gasteiger partial charge in [0.1, 0.15) is 0 Å². The number of halogens is 1. The molecule has 0 fully saturated rings. The van der Waals surface area contributed by atoms with Crippen LogP contribution in [0.15, 0.2) is 5.16 Å². The minimum absolute atomic E-state index is 0.0322. The van der Waals surface area contributed by atoms with Crippen LogP contribution in [0.1, 0.15) is 6.92 Å². The Balaban J connectivity index is 2.88. The van der Waals surface area contributed by atoms with E-state index in [-0.39, 0.29) is 5.84 Å². The molecule has 0 radical (unpaired) electrons. The van der Waals surface area contributed by atoms with Crippen molar-refractivity contribution in [2.45, 2.75) is 11.9 Å². The van der Waals surface area contributed by atoms with Gasteiger partial charge in [-0.2, -0.15) is 4.94 Å². The van der Waals surface area contributed by atoms with Crippen molar-refractivity contribution in [3.8, 4) is 0 Å². The van der Waals surface area contributed by atoms with Gasteiger partial charge in [0.15, 0.2) is 0 Å². The van der Waals surface area contributed by atoms with Gasteiger partial charge in [0.2, 0.25) is 5.84 Å². The first-order valence-electron chi connectivity index (χ1n) is 2.75. The Morgan fingerprint density at radius 2 is 2.55 bits per heavy atom. The lowest BCUT2D eigenvalue weighted by molar-refractivity contribution is -0.998. The topological polar surface area (TPSA) is 87.7 Å². The van der Waals surface area contributed by atoms with Crippen molar-refractivity contribution in [3.63, 3.8) is 0 Å². The largest absolute Gasteiger partial charge is 0.579 e. The summed E-state index contributed by atoms with van der Waals surface area (Å²) in [7, 11) is 0. The molecule has 0 spiro atoms. The normalized spacial score (nSPS) is 36.3. The Labute approximate surface area is 70.8 Å². The predicted octanol–water partition coefficient (Wildman–Crippen LogP) is -0.214. The average Bonchev–Trinajstić information content (AvgIpc) is 2.18. The first-order chi connectivity index (χ1) is 4.98. The smallest absolute Gasteiger partial charge is 0.355 e. The first-order valence-corrected chi connectivity index (χ1v) is 3.67. The van der Waals surface area contributed by atoms with Crippen LogP contribution in [0, 0.1) is 5.21 Å². The van der Waals surface area contributed by atoms with Crippen molar-refractivity contribution in [2.24, 2.45) is 10.9 Å². The lowest BCUT2D eigenvalue weighted by atomic mass is 10.5. The van der Waals surface area contributed by atoms with Crippen LogP contribution in [0.2, 0.25) is 0 Å². The Morgan fingerprint density at radius 1 is 2.00 bits per heavy atom. The number of alkyl halides is 1. The van der Waals surface area contributed by atoms with Crippen LogP contribution >= 0.6 is 15.9 Å². The minimum atomic E-state index is -1.52. The van der Waals surface area contributed by atoms with Gasteiger partial charge in [-0.15, -0.1) is 0 Å². The Hall–Kier alpha value is -0.660. The molecule has 1 aliphatic heterocycles. The number of hydrogen-bond donors (Lipinski definition) is 1. The standard InChI is InChI=1S/C4H6BrN3O3/c1-2(9)8(10)3(5)4(6)7-11-8/h3H,1H3,(H2,6,7). The zero-order chi connectivity index (χ0) is 8.65. The van der Waals surface area contributed by atoms with Crippen molar-refractivity contribution >= 4 is 27.7 Å². The molecule has 2 atom stereocenters. The van der Waals surface area contributed by atoms with Gasteiger partial charge in [-0.1, -0.05) is 4.81 Å². The van der Waals surface area contributed by atoms with E-state index in [2.05, 4.69) is 26.0 Å². The molecule has 2 unspecified atom stereocenters. The molecule has 11 heavy (non-hydrogen) atoms. The fourth-order valence-corrected chi connectivity index (χ4v) is 1.03. The first kappa shape index (κ1) is 8.44. The second-order valence-electron chi connectivity index (χ2n) is 2.05. The maximum atomic E-state index is 11.3. The van der Waals surface area contributed by atoms with Gasteiger partial charge in [0.05, 0.1) is 6.92 Å². The van der Waals surface area contributed by atoms with Crippen LogP contribution < -0.4 is 5.73 Å². The molecule has 1 rings (SSSR count). The maximum absolute atomic E-state index is 11.3. The highest BCUT2D eigenvalue weighted by Gasteiger charge is 2.44. The van der Waals surface area contributed by atoms with Crippen LogP contribution in [0.5, 0.6) is 0 Å². The van der Waals surface area contributed by atoms with Crippen LogP contribution in [-0.2, 0) is 9.73 Å². The number of nitrogens with zero attached hydrogens (tertiary/aromatic N) is 2. The summed E-state index contributed by atoms with van der Waals surface area (Å²) in [5.74, 6) is -0.744. The number of rotatable bonds is 0. The van der Waals surface area contributed by atoms with Gasteiger partial charge < -0.3 is 10.9 Å². The van der Waals surface area contributed by atoms with Gasteiger partial charge in [-0.3, -0.25) is 0 Å². The third-order valence-electron chi connectivity index (χ3n) is 1.25. The molecule has 0 aromatic heterocycles. The summed E-state index contributed by atoms with van der Waals surface area (Å²) in [6.07, 6.45) is 0. The number of nitrogens with two attached hydrogens (primary N) is 1. The number of oxime groups is 1. The molecule has 1 aliphatic rings. The second kappa shape index (κ2) is 2.43. The van der Waals surface area contributed by atoms with E-state index in [1.807, 2.05) is 0 Å². The Kier molecular flexibility index (Phi) is 1.87. The number of hydroxylamine groups is 4. The highest BCUT2D eigenvalue weighted by atomic mass is 79.9. The summed E-state index contributed by atoms with van der Waals surface area (Å²) in [4.78, 5) is 12.5. The Morgan fingerprint density at radius 3 is 2.73 bits per heavy atom. The van der Waals surface area contributed by atoms with E-state index in [4.69, 9.17) is 5.73 Å². The van der Waals surface area contributed by atoms with E-state index in [0.717, 1.165) is 6.92 Å². The molecule has 6 nitrogen and oxygen atoms in total. The van der Waals surface area contributed by atoms with Crippen LogP contribution in [0.3, 0.4) is 0 Å². The lowest BCUT2D eigenvalue weighted by Gasteiger charge is -2.29. The third kappa shape index (κ3) is 1.10. The molecule has 0 bridgehead atoms. The van der Waals surface area contributed by atoms with Crippen LogP contribution in [0.4, 0.5) is 0 Å². The van der Waals surface area contributed by atoms with E-state index in [1.54, 1.807) is 0 Å². The molecule has 0 aliphatic carbocycles. The molecule has 0 saturated heterocycles. The molecule has 1 heterocycles. The summed E-state index contributed by atoms with van der Waals surface area (Å²) in [5, 5.41) is 14.4. The van der Waals surface area contributed by atoms with E-state index < -0.39 is 15.7 Å². The molecule has 0 aromatic carbocycles. The predicted molar refractivity (Wildman–Crippen MR) is 39.7 cm³/mol. The molecule has 0 aromatic rings. The van der Waals surface area contributed by atoms with Crippen molar-refractivity contribution < 1.29 is 14.5 Å². The number of quaternary nitrogens is 1. The van der Waals surface area contributed by atoms with E-state index in [0.29, 0.717) is 0 Å². The number of carbonyl (C=O) groups is 1. The maximum Gasteiger partial charge on any atom is 0.355 e. The van der Waals surface area contributed by atoms with Crippen molar-refractivity contribution in [3.05, 3.63) is 5.21 Å². The second-order valence-corrected chi connectivity index (χ2v) is 2.92. The van der Waals surface area contributed by atoms with E-state index >= 15 is 0 Å². The molecule has 1 amide bonds. The van der Waals surface area contributed by atoms with Gasteiger partial charge in [-0.05, 0) is 21.1 Å². The van der Waals surface area contributed by atoms with E-state index in [9.17, 15) is 10.0 Å².